The molecular formula is C15H13ClN2S. The first-order valence-corrected chi connectivity index (χ1v) is 7.31. The molecule has 0 fully saturated rings. The fourth-order valence-corrected chi connectivity index (χ4v) is 3.26. The van der Waals surface area contributed by atoms with E-state index in [1.54, 1.807) is 17.4 Å². The van der Waals surface area contributed by atoms with Gasteiger partial charge in [0.1, 0.15) is 5.01 Å². The standard InChI is InChI=1S/C15H13ClN2S/c1-2-9-3-6-13-14(7-9)19-15(18-13)11-8-10(16)4-5-12(11)17/h3-8H,2,17H2,1H3. The van der Waals surface area contributed by atoms with Gasteiger partial charge in [0.05, 0.1) is 10.2 Å². The number of hydrogen-bond donors (Lipinski definition) is 1. The number of nitrogen functional groups attached to an aromatic ring is 1. The summed E-state index contributed by atoms with van der Waals surface area (Å²) in [6, 6.07) is 11.9. The van der Waals surface area contributed by atoms with Crippen LogP contribution in [0.3, 0.4) is 0 Å². The minimum atomic E-state index is 0.678. The molecule has 1 heterocycles. The van der Waals surface area contributed by atoms with Crippen molar-refractivity contribution in [3.05, 3.63) is 47.0 Å². The third-order valence-corrected chi connectivity index (χ3v) is 4.39. The number of nitrogens with zero attached hydrogens (tertiary/aromatic N) is 1. The average molecular weight is 289 g/mol. The van der Waals surface area contributed by atoms with Crippen molar-refractivity contribution < 1.29 is 0 Å². The van der Waals surface area contributed by atoms with Crippen molar-refractivity contribution in [1.29, 1.82) is 0 Å². The van der Waals surface area contributed by atoms with Crippen molar-refractivity contribution in [2.45, 2.75) is 13.3 Å². The van der Waals surface area contributed by atoms with Gasteiger partial charge >= 0.3 is 0 Å². The number of fused-ring (bicyclic) bond motifs is 1. The molecule has 3 aromatic rings. The molecule has 96 valence electrons. The average Bonchev–Trinajstić information content (AvgIpc) is 2.83. The number of thiazole rings is 1. The van der Waals surface area contributed by atoms with E-state index in [4.69, 9.17) is 17.3 Å². The Morgan fingerprint density at radius 2 is 2.05 bits per heavy atom. The monoisotopic (exact) mass is 288 g/mol. The van der Waals surface area contributed by atoms with Gasteiger partial charge in [-0.05, 0) is 42.3 Å². The molecule has 1 aromatic heterocycles. The van der Waals surface area contributed by atoms with Crippen LogP contribution < -0.4 is 5.73 Å². The number of hydrogen-bond acceptors (Lipinski definition) is 3. The molecule has 0 unspecified atom stereocenters. The first kappa shape index (κ1) is 12.5. The summed E-state index contributed by atoms with van der Waals surface area (Å²) in [6.07, 6.45) is 1.03. The Kier molecular flexibility index (Phi) is 3.17. The second-order valence-electron chi connectivity index (χ2n) is 4.41. The Hall–Kier alpha value is -1.58. The highest BCUT2D eigenvalue weighted by molar-refractivity contribution is 7.21. The molecule has 0 aliphatic carbocycles. The van der Waals surface area contributed by atoms with Crippen molar-refractivity contribution in [2.24, 2.45) is 0 Å². The molecule has 0 atom stereocenters. The molecule has 0 spiro atoms. The lowest BCUT2D eigenvalue weighted by molar-refractivity contribution is 1.15. The largest absolute Gasteiger partial charge is 0.398 e. The van der Waals surface area contributed by atoms with Gasteiger partial charge in [-0.1, -0.05) is 24.6 Å². The summed E-state index contributed by atoms with van der Waals surface area (Å²) in [5.74, 6) is 0. The first-order chi connectivity index (χ1) is 9.17. The molecule has 3 rings (SSSR count). The van der Waals surface area contributed by atoms with Crippen molar-refractivity contribution >= 4 is 38.8 Å². The van der Waals surface area contributed by atoms with Crippen LogP contribution in [-0.4, -0.2) is 4.98 Å². The van der Waals surface area contributed by atoms with Gasteiger partial charge in [0.25, 0.3) is 0 Å². The SMILES string of the molecule is CCc1ccc2nc(-c3cc(Cl)ccc3N)sc2c1. The third kappa shape index (κ3) is 2.31. The zero-order valence-corrected chi connectivity index (χ0v) is 12.1. The molecule has 2 nitrogen and oxygen atoms in total. The summed E-state index contributed by atoms with van der Waals surface area (Å²) in [4.78, 5) is 4.64. The normalized spacial score (nSPS) is 11.1. The number of aryl methyl sites for hydroxylation is 1. The summed E-state index contributed by atoms with van der Waals surface area (Å²) in [6.45, 7) is 2.15. The van der Waals surface area contributed by atoms with Crippen LogP contribution in [0.2, 0.25) is 5.02 Å². The van der Waals surface area contributed by atoms with Gasteiger partial charge in [0.15, 0.2) is 0 Å². The lowest BCUT2D eigenvalue weighted by Gasteiger charge is -2.01. The van der Waals surface area contributed by atoms with E-state index in [9.17, 15) is 0 Å². The van der Waals surface area contributed by atoms with Gasteiger partial charge in [-0.25, -0.2) is 4.98 Å². The van der Waals surface area contributed by atoms with Gasteiger partial charge in [-0.3, -0.25) is 0 Å². The Bertz CT molecular complexity index is 749. The van der Waals surface area contributed by atoms with E-state index in [0.29, 0.717) is 10.7 Å². The van der Waals surface area contributed by atoms with E-state index in [-0.39, 0.29) is 0 Å². The first-order valence-electron chi connectivity index (χ1n) is 6.12. The Morgan fingerprint density at radius 3 is 2.84 bits per heavy atom. The van der Waals surface area contributed by atoms with E-state index in [2.05, 4.69) is 30.1 Å². The lowest BCUT2D eigenvalue weighted by Crippen LogP contribution is -1.88. The molecule has 0 saturated carbocycles. The molecule has 0 saturated heterocycles. The van der Waals surface area contributed by atoms with E-state index in [1.165, 1.54) is 10.3 Å². The van der Waals surface area contributed by atoms with Crippen LogP contribution in [0.25, 0.3) is 20.8 Å². The second-order valence-corrected chi connectivity index (χ2v) is 5.87. The molecule has 2 N–H and O–H groups in total. The highest BCUT2D eigenvalue weighted by Gasteiger charge is 2.10. The topological polar surface area (TPSA) is 38.9 Å². The van der Waals surface area contributed by atoms with E-state index in [0.717, 1.165) is 22.5 Å². The lowest BCUT2D eigenvalue weighted by atomic mass is 10.1. The van der Waals surface area contributed by atoms with Gasteiger partial charge < -0.3 is 5.73 Å². The van der Waals surface area contributed by atoms with Gasteiger partial charge in [-0.2, -0.15) is 0 Å². The maximum absolute atomic E-state index is 6.03. The van der Waals surface area contributed by atoms with Crippen molar-refractivity contribution in [3.8, 4) is 10.6 Å². The highest BCUT2D eigenvalue weighted by atomic mass is 35.5. The second kappa shape index (κ2) is 4.83. The van der Waals surface area contributed by atoms with Crippen LogP contribution in [-0.2, 0) is 6.42 Å². The minimum Gasteiger partial charge on any atom is -0.398 e. The summed E-state index contributed by atoms with van der Waals surface area (Å²) in [7, 11) is 0. The number of aromatic nitrogens is 1. The Balaban J connectivity index is 2.17. The van der Waals surface area contributed by atoms with E-state index < -0.39 is 0 Å². The van der Waals surface area contributed by atoms with Gasteiger partial charge in [-0.15, -0.1) is 11.3 Å². The zero-order valence-electron chi connectivity index (χ0n) is 10.5. The molecule has 0 radical (unpaired) electrons. The highest BCUT2D eigenvalue weighted by Crippen LogP contribution is 2.35. The summed E-state index contributed by atoms with van der Waals surface area (Å²) in [5, 5.41) is 1.60. The van der Waals surface area contributed by atoms with Crippen LogP contribution in [0, 0.1) is 0 Å². The van der Waals surface area contributed by atoms with Crippen LogP contribution in [0.5, 0.6) is 0 Å². The van der Waals surface area contributed by atoms with Gasteiger partial charge in [0, 0.05) is 16.3 Å². The van der Waals surface area contributed by atoms with E-state index >= 15 is 0 Å². The van der Waals surface area contributed by atoms with Crippen LogP contribution in [0.4, 0.5) is 5.69 Å². The predicted octanol–water partition coefficient (Wildman–Crippen LogP) is 4.76. The van der Waals surface area contributed by atoms with Crippen LogP contribution in [0.15, 0.2) is 36.4 Å². The van der Waals surface area contributed by atoms with Crippen LogP contribution >= 0.6 is 22.9 Å². The minimum absolute atomic E-state index is 0.678. The van der Waals surface area contributed by atoms with Crippen molar-refractivity contribution in [3.63, 3.8) is 0 Å². The molecule has 4 heteroatoms. The fourth-order valence-electron chi connectivity index (χ4n) is 2.02. The molecule has 0 aliphatic rings. The number of anilines is 1. The smallest absolute Gasteiger partial charge is 0.126 e. The zero-order chi connectivity index (χ0) is 13.4. The maximum atomic E-state index is 6.03. The maximum Gasteiger partial charge on any atom is 0.126 e. The molecule has 0 amide bonds. The molecule has 2 aromatic carbocycles. The molecule has 19 heavy (non-hydrogen) atoms. The molecular weight excluding hydrogens is 276 g/mol. The third-order valence-electron chi connectivity index (χ3n) is 3.11. The van der Waals surface area contributed by atoms with E-state index in [1.807, 2.05) is 12.1 Å². The van der Waals surface area contributed by atoms with Crippen molar-refractivity contribution in [2.75, 3.05) is 5.73 Å². The fraction of sp³-hybridized carbons (Fsp3) is 0.133. The molecule has 0 aliphatic heterocycles. The summed E-state index contributed by atoms with van der Waals surface area (Å²) in [5.41, 5.74) is 9.96. The van der Waals surface area contributed by atoms with Crippen LogP contribution in [0.1, 0.15) is 12.5 Å². The Labute approximate surface area is 120 Å². The van der Waals surface area contributed by atoms with Gasteiger partial charge in [0.2, 0.25) is 0 Å². The quantitative estimate of drug-likeness (QED) is 0.690. The predicted molar refractivity (Wildman–Crippen MR) is 83.9 cm³/mol. The number of rotatable bonds is 2. The summed E-state index contributed by atoms with van der Waals surface area (Å²) >= 11 is 7.69. The summed E-state index contributed by atoms with van der Waals surface area (Å²) < 4.78 is 1.19. The van der Waals surface area contributed by atoms with Crippen molar-refractivity contribution in [1.82, 2.24) is 4.98 Å². The Morgan fingerprint density at radius 1 is 1.21 bits per heavy atom. The number of nitrogens with two attached hydrogens (primary N) is 1. The molecule has 0 bridgehead atoms. The number of halogens is 1. The number of benzene rings is 2.